The Bertz CT molecular complexity index is 225. The van der Waals surface area contributed by atoms with Crippen molar-refractivity contribution in [2.24, 2.45) is 0 Å². The molecule has 22 heavy (non-hydrogen) atoms. The molecule has 2 nitrogen and oxygen atoms in total. The van der Waals surface area contributed by atoms with Gasteiger partial charge < -0.3 is 4.55 Å². The van der Waals surface area contributed by atoms with Crippen LogP contribution in [0.15, 0.2) is 0 Å². The van der Waals surface area contributed by atoms with E-state index in [0.717, 1.165) is 12.8 Å². The number of hydrogen-bond donors (Lipinski definition) is 1. The Morgan fingerprint density at radius 3 is 1.14 bits per heavy atom. The van der Waals surface area contributed by atoms with Crippen LogP contribution in [0.2, 0.25) is 0 Å². The zero-order valence-corrected chi connectivity index (χ0v) is 15.1. The van der Waals surface area contributed by atoms with Gasteiger partial charge in [0.1, 0.15) is 0 Å². The predicted molar refractivity (Wildman–Crippen MR) is 102 cm³/mol. The monoisotopic (exact) mass is 326 g/mol. The van der Waals surface area contributed by atoms with Crippen LogP contribution in [0.3, 0.4) is 0 Å². The molecule has 0 spiro atoms. The van der Waals surface area contributed by atoms with E-state index in [4.69, 9.17) is 4.55 Å². The van der Waals surface area contributed by atoms with Crippen molar-refractivity contribution in [1.82, 2.24) is 0 Å². The van der Waals surface area contributed by atoms with Crippen molar-refractivity contribution in [2.45, 2.75) is 110 Å². The van der Waals surface area contributed by atoms with Gasteiger partial charge in [0, 0.05) is 5.75 Å². The van der Waals surface area contributed by atoms with E-state index >= 15 is 0 Å². The third-order valence-corrected chi connectivity index (χ3v) is 4.81. The summed E-state index contributed by atoms with van der Waals surface area (Å²) in [5, 5.41) is 0. The van der Waals surface area contributed by atoms with E-state index < -0.39 is 11.1 Å². The Hall–Kier alpha value is 0.707. The summed E-state index contributed by atoms with van der Waals surface area (Å²) in [6.45, 7) is 2.28. The van der Waals surface area contributed by atoms with E-state index in [2.05, 4.69) is 6.92 Å². The standard InChI is InChI=1S/C18H38O2S.Li.H/c1-2-3-4-5-6-7-8-9-10-11-12-13-14-15-16-17-18-21(19)20;;/h2-18H2,1H3,(H,19,20);;. The van der Waals surface area contributed by atoms with Crippen molar-refractivity contribution in [2.75, 3.05) is 5.75 Å². The summed E-state index contributed by atoms with van der Waals surface area (Å²) in [5.74, 6) is 0.457. The average molecular weight is 327 g/mol. The Morgan fingerprint density at radius 1 is 0.591 bits per heavy atom. The normalized spacial score (nSPS) is 12.1. The molecule has 0 rings (SSSR count). The van der Waals surface area contributed by atoms with Crippen molar-refractivity contribution in [1.29, 1.82) is 0 Å². The molecule has 0 bridgehead atoms. The molecule has 0 radical (unpaired) electrons. The van der Waals surface area contributed by atoms with Gasteiger partial charge in [-0.15, -0.1) is 0 Å². The van der Waals surface area contributed by atoms with Gasteiger partial charge in [0.15, 0.2) is 11.1 Å². The summed E-state index contributed by atoms with van der Waals surface area (Å²) in [6.07, 6.45) is 21.5. The van der Waals surface area contributed by atoms with Crippen LogP contribution in [0.1, 0.15) is 110 Å². The van der Waals surface area contributed by atoms with Crippen molar-refractivity contribution >= 4 is 29.9 Å². The first-order valence-electron chi connectivity index (χ1n) is 9.35. The van der Waals surface area contributed by atoms with E-state index in [9.17, 15) is 4.21 Å². The Balaban J connectivity index is 0. The number of hydrogen-bond acceptors (Lipinski definition) is 1. The molecular formula is C18H39LiO2S. The van der Waals surface area contributed by atoms with E-state index in [1.807, 2.05) is 0 Å². The molecule has 0 saturated carbocycles. The molecule has 1 atom stereocenters. The van der Waals surface area contributed by atoms with Gasteiger partial charge in [0.2, 0.25) is 0 Å². The van der Waals surface area contributed by atoms with Crippen LogP contribution in [0.25, 0.3) is 0 Å². The van der Waals surface area contributed by atoms with Crippen LogP contribution in [0.5, 0.6) is 0 Å². The van der Waals surface area contributed by atoms with Crippen LogP contribution < -0.4 is 0 Å². The maximum absolute atomic E-state index is 10.5. The summed E-state index contributed by atoms with van der Waals surface area (Å²) in [5.41, 5.74) is 0. The van der Waals surface area contributed by atoms with Crippen LogP contribution in [-0.4, -0.2) is 33.4 Å². The molecule has 0 heterocycles. The molecule has 0 amide bonds. The maximum atomic E-state index is 10.5. The van der Waals surface area contributed by atoms with Gasteiger partial charge in [-0.1, -0.05) is 103 Å². The van der Waals surface area contributed by atoms with Gasteiger partial charge in [-0.25, -0.2) is 4.21 Å². The molecule has 0 aliphatic carbocycles. The van der Waals surface area contributed by atoms with E-state index in [1.165, 1.54) is 89.9 Å². The predicted octanol–water partition coefficient (Wildman–Crippen LogP) is 5.82. The molecule has 0 saturated heterocycles. The Morgan fingerprint density at radius 2 is 0.864 bits per heavy atom. The van der Waals surface area contributed by atoms with Crippen molar-refractivity contribution < 1.29 is 8.76 Å². The summed E-state index contributed by atoms with van der Waals surface area (Å²) >= 11 is -1.58. The fourth-order valence-corrected chi connectivity index (χ4v) is 3.22. The third kappa shape index (κ3) is 23.0. The van der Waals surface area contributed by atoms with E-state index in [-0.39, 0.29) is 18.9 Å². The Labute approximate surface area is 154 Å². The molecule has 130 valence electrons. The second kappa shape index (κ2) is 21.7. The van der Waals surface area contributed by atoms with Crippen LogP contribution in [-0.2, 0) is 11.1 Å². The first-order valence-corrected chi connectivity index (χ1v) is 10.6. The fraction of sp³-hybridized carbons (Fsp3) is 1.00. The molecule has 0 aromatic rings. The second-order valence-electron chi connectivity index (χ2n) is 6.33. The Kier molecular flexibility index (Phi) is 24.6. The van der Waals surface area contributed by atoms with E-state index in [0.29, 0.717) is 5.75 Å². The van der Waals surface area contributed by atoms with Gasteiger partial charge in [0.25, 0.3) is 0 Å². The minimum absolute atomic E-state index is 0. The zero-order valence-electron chi connectivity index (χ0n) is 14.3. The molecule has 0 aliphatic heterocycles. The second-order valence-corrected chi connectivity index (χ2v) is 7.38. The molecule has 0 aliphatic rings. The molecule has 4 heteroatoms. The number of unbranched alkanes of at least 4 members (excludes halogenated alkanes) is 15. The topological polar surface area (TPSA) is 37.3 Å². The molecule has 1 N–H and O–H groups in total. The van der Waals surface area contributed by atoms with Crippen molar-refractivity contribution in [3.05, 3.63) is 0 Å². The quantitative estimate of drug-likeness (QED) is 0.208. The molecule has 0 aromatic carbocycles. The molecule has 0 aromatic heterocycles. The average Bonchev–Trinajstić information content (AvgIpc) is 2.46. The first kappa shape index (κ1) is 25.0. The van der Waals surface area contributed by atoms with Gasteiger partial charge in [-0.3, -0.25) is 0 Å². The zero-order chi connectivity index (χ0) is 15.6. The summed E-state index contributed by atoms with van der Waals surface area (Å²) in [4.78, 5) is 0. The van der Waals surface area contributed by atoms with Gasteiger partial charge in [-0.2, -0.15) is 0 Å². The van der Waals surface area contributed by atoms with Crippen LogP contribution in [0.4, 0.5) is 0 Å². The van der Waals surface area contributed by atoms with Gasteiger partial charge >= 0.3 is 18.9 Å². The SMILES string of the molecule is CCCCCCCCCCCCCCCCCCS(=O)O.[LiH]. The number of rotatable bonds is 17. The van der Waals surface area contributed by atoms with Gasteiger partial charge in [-0.05, 0) is 6.42 Å². The van der Waals surface area contributed by atoms with Crippen LogP contribution in [0, 0.1) is 0 Å². The molecule has 1 unspecified atom stereocenters. The minimum atomic E-state index is -1.58. The van der Waals surface area contributed by atoms with Gasteiger partial charge in [0.05, 0.1) is 0 Å². The molecule has 0 fully saturated rings. The fourth-order valence-electron chi connectivity index (χ4n) is 2.77. The summed E-state index contributed by atoms with van der Waals surface area (Å²) in [6, 6.07) is 0. The van der Waals surface area contributed by atoms with Crippen LogP contribution >= 0.6 is 0 Å². The molecular weight excluding hydrogens is 287 g/mol. The first-order chi connectivity index (χ1) is 10.3. The van der Waals surface area contributed by atoms with Crippen molar-refractivity contribution in [3.8, 4) is 0 Å². The summed E-state index contributed by atoms with van der Waals surface area (Å²) in [7, 11) is 0. The van der Waals surface area contributed by atoms with E-state index in [1.54, 1.807) is 0 Å². The third-order valence-electron chi connectivity index (χ3n) is 4.17. The summed E-state index contributed by atoms with van der Waals surface area (Å²) < 4.78 is 19.1. The van der Waals surface area contributed by atoms with Crippen molar-refractivity contribution in [3.63, 3.8) is 0 Å².